The molecule has 0 unspecified atom stereocenters. The maximum absolute atomic E-state index is 12.0. The summed E-state index contributed by atoms with van der Waals surface area (Å²) in [7, 11) is -1.84. The molecule has 0 saturated heterocycles. The van der Waals surface area contributed by atoms with Crippen molar-refractivity contribution >= 4 is 14.1 Å². The van der Waals surface area contributed by atoms with Crippen LogP contribution in [0, 0.1) is 5.92 Å². The highest BCUT2D eigenvalue weighted by molar-refractivity contribution is 6.74. The molecule has 0 spiro atoms. The van der Waals surface area contributed by atoms with E-state index in [0.717, 1.165) is 11.3 Å². The standard InChI is InChI=1S/C16H26O2Si/c1-12(2)15(17)13-9-8-10-14(11-13)18-19(6,7)16(3,4)5/h8-12H,1-7H3. The van der Waals surface area contributed by atoms with Crippen molar-refractivity contribution in [2.45, 2.75) is 52.8 Å². The van der Waals surface area contributed by atoms with Crippen LogP contribution in [0.4, 0.5) is 0 Å². The molecule has 2 nitrogen and oxygen atoms in total. The molecule has 1 rings (SSSR count). The lowest BCUT2D eigenvalue weighted by molar-refractivity contribution is 0.0939. The minimum Gasteiger partial charge on any atom is -0.543 e. The fourth-order valence-corrected chi connectivity index (χ4v) is 2.52. The minimum absolute atomic E-state index is 0.0168. The van der Waals surface area contributed by atoms with Gasteiger partial charge in [-0.1, -0.05) is 46.8 Å². The highest BCUT2D eigenvalue weighted by atomic mass is 28.4. The molecular formula is C16H26O2Si. The Balaban J connectivity index is 2.99. The highest BCUT2D eigenvalue weighted by Crippen LogP contribution is 2.37. The van der Waals surface area contributed by atoms with Crippen LogP contribution in [0.1, 0.15) is 45.0 Å². The Morgan fingerprint density at radius 3 is 2.26 bits per heavy atom. The normalized spacial score (nSPS) is 12.6. The summed E-state index contributed by atoms with van der Waals surface area (Å²) < 4.78 is 6.22. The van der Waals surface area contributed by atoms with Gasteiger partial charge in [-0.25, -0.2) is 0 Å². The van der Waals surface area contributed by atoms with E-state index in [1.807, 2.05) is 38.1 Å². The molecule has 3 heteroatoms. The van der Waals surface area contributed by atoms with Crippen LogP contribution in [0.15, 0.2) is 24.3 Å². The molecular weight excluding hydrogens is 252 g/mol. The number of carbonyl (C=O) groups is 1. The molecule has 0 aliphatic carbocycles. The maximum Gasteiger partial charge on any atom is 0.250 e. The van der Waals surface area contributed by atoms with E-state index in [9.17, 15) is 4.79 Å². The van der Waals surface area contributed by atoms with Gasteiger partial charge >= 0.3 is 0 Å². The zero-order valence-corrected chi connectivity index (χ0v) is 14.2. The second-order valence-electron chi connectivity index (χ2n) is 6.91. The van der Waals surface area contributed by atoms with Crippen molar-refractivity contribution in [1.29, 1.82) is 0 Å². The van der Waals surface area contributed by atoms with Gasteiger partial charge in [0, 0.05) is 11.5 Å². The van der Waals surface area contributed by atoms with Crippen LogP contribution in [-0.4, -0.2) is 14.1 Å². The van der Waals surface area contributed by atoms with Gasteiger partial charge in [-0.2, -0.15) is 0 Å². The van der Waals surface area contributed by atoms with Gasteiger partial charge in [0.25, 0.3) is 0 Å². The summed E-state index contributed by atoms with van der Waals surface area (Å²) in [6.07, 6.45) is 0. The first-order chi connectivity index (χ1) is 8.54. The summed E-state index contributed by atoms with van der Waals surface area (Å²) in [5, 5.41) is 0.158. The van der Waals surface area contributed by atoms with Crippen LogP contribution >= 0.6 is 0 Å². The van der Waals surface area contributed by atoms with Crippen LogP contribution in [0.2, 0.25) is 18.1 Å². The van der Waals surface area contributed by atoms with E-state index in [1.54, 1.807) is 0 Å². The molecule has 1 aromatic rings. The number of rotatable bonds is 4. The number of Topliss-reactive ketones (excluding diaryl/α,β-unsaturated/α-hetero) is 1. The molecule has 0 amide bonds. The van der Waals surface area contributed by atoms with Gasteiger partial charge in [-0.05, 0) is 30.3 Å². The monoisotopic (exact) mass is 278 g/mol. The zero-order chi connectivity index (χ0) is 14.8. The third-order valence-corrected chi connectivity index (χ3v) is 8.18. The number of hydrogen-bond donors (Lipinski definition) is 0. The Hall–Kier alpha value is -1.09. The van der Waals surface area contributed by atoms with Crippen molar-refractivity contribution < 1.29 is 9.22 Å². The molecule has 0 atom stereocenters. The molecule has 0 fully saturated rings. The minimum atomic E-state index is -1.84. The molecule has 0 saturated carbocycles. The lowest BCUT2D eigenvalue weighted by Gasteiger charge is -2.36. The predicted molar refractivity (Wildman–Crippen MR) is 83.4 cm³/mol. The third kappa shape index (κ3) is 3.93. The largest absolute Gasteiger partial charge is 0.543 e. The number of ketones is 1. The van der Waals surface area contributed by atoms with Crippen LogP contribution in [0.3, 0.4) is 0 Å². The molecule has 0 bridgehead atoms. The van der Waals surface area contributed by atoms with E-state index in [0.29, 0.717) is 0 Å². The molecule has 0 aliphatic heterocycles. The van der Waals surface area contributed by atoms with E-state index in [2.05, 4.69) is 33.9 Å². The summed E-state index contributed by atoms with van der Waals surface area (Å²) in [4.78, 5) is 12.0. The molecule has 1 aromatic carbocycles. The first-order valence-electron chi connectivity index (χ1n) is 6.88. The molecule has 106 valence electrons. The molecule has 0 aromatic heterocycles. The summed E-state index contributed by atoms with van der Waals surface area (Å²) in [6.45, 7) is 14.9. The highest BCUT2D eigenvalue weighted by Gasteiger charge is 2.39. The molecule has 0 radical (unpaired) electrons. The second kappa shape index (κ2) is 5.49. The van der Waals surface area contributed by atoms with Gasteiger partial charge in [0.05, 0.1) is 0 Å². The van der Waals surface area contributed by atoms with Crippen LogP contribution < -0.4 is 4.43 Å². The fraction of sp³-hybridized carbons (Fsp3) is 0.562. The number of benzene rings is 1. The van der Waals surface area contributed by atoms with Gasteiger partial charge in [0.1, 0.15) is 5.75 Å². The number of carbonyl (C=O) groups excluding carboxylic acids is 1. The SMILES string of the molecule is CC(C)C(=O)c1cccc(O[Si](C)(C)C(C)(C)C)c1. The van der Waals surface area contributed by atoms with Gasteiger partial charge < -0.3 is 4.43 Å². The first-order valence-corrected chi connectivity index (χ1v) is 9.79. The Kier molecular flexibility index (Phi) is 4.61. The van der Waals surface area contributed by atoms with E-state index in [1.165, 1.54) is 0 Å². The van der Waals surface area contributed by atoms with E-state index in [-0.39, 0.29) is 16.7 Å². The average molecular weight is 278 g/mol. The fourth-order valence-electron chi connectivity index (χ4n) is 1.49. The quantitative estimate of drug-likeness (QED) is 0.578. The number of hydrogen-bond acceptors (Lipinski definition) is 2. The van der Waals surface area contributed by atoms with Crippen molar-refractivity contribution in [3.8, 4) is 5.75 Å². The van der Waals surface area contributed by atoms with Gasteiger partial charge in [0.2, 0.25) is 8.32 Å². The molecule has 19 heavy (non-hydrogen) atoms. The smallest absolute Gasteiger partial charge is 0.250 e. The lowest BCUT2D eigenvalue weighted by Crippen LogP contribution is -2.43. The second-order valence-corrected chi connectivity index (χ2v) is 11.6. The first kappa shape index (κ1) is 16.0. The van der Waals surface area contributed by atoms with E-state index >= 15 is 0 Å². The van der Waals surface area contributed by atoms with Crippen LogP contribution in [0.5, 0.6) is 5.75 Å². The average Bonchev–Trinajstić information content (AvgIpc) is 2.26. The molecule has 0 heterocycles. The Bertz CT molecular complexity index is 456. The molecule has 0 N–H and O–H groups in total. The summed E-state index contributed by atoms with van der Waals surface area (Å²) in [5.74, 6) is 1.00. The summed E-state index contributed by atoms with van der Waals surface area (Å²) in [6, 6.07) is 7.58. The van der Waals surface area contributed by atoms with Gasteiger partial charge in [-0.3, -0.25) is 4.79 Å². The van der Waals surface area contributed by atoms with Crippen LogP contribution in [-0.2, 0) is 0 Å². The van der Waals surface area contributed by atoms with Crippen molar-refractivity contribution in [1.82, 2.24) is 0 Å². The van der Waals surface area contributed by atoms with Crippen LogP contribution in [0.25, 0.3) is 0 Å². The zero-order valence-electron chi connectivity index (χ0n) is 13.2. The predicted octanol–water partition coefficient (Wildman–Crippen LogP) is 4.91. The topological polar surface area (TPSA) is 26.3 Å². The van der Waals surface area contributed by atoms with Crippen molar-refractivity contribution in [3.05, 3.63) is 29.8 Å². The Morgan fingerprint density at radius 1 is 1.21 bits per heavy atom. The maximum atomic E-state index is 12.0. The summed E-state index contributed by atoms with van der Waals surface area (Å²) in [5.41, 5.74) is 0.742. The van der Waals surface area contributed by atoms with E-state index < -0.39 is 8.32 Å². The van der Waals surface area contributed by atoms with Crippen molar-refractivity contribution in [2.24, 2.45) is 5.92 Å². The summed E-state index contributed by atoms with van der Waals surface area (Å²) >= 11 is 0. The van der Waals surface area contributed by atoms with E-state index in [4.69, 9.17) is 4.43 Å². The molecule has 0 aliphatic rings. The third-order valence-electron chi connectivity index (χ3n) is 3.82. The van der Waals surface area contributed by atoms with Gasteiger partial charge in [0.15, 0.2) is 5.78 Å². The van der Waals surface area contributed by atoms with Crippen molar-refractivity contribution in [2.75, 3.05) is 0 Å². The Labute approximate surface area is 118 Å². The van der Waals surface area contributed by atoms with Crippen molar-refractivity contribution in [3.63, 3.8) is 0 Å². The Morgan fingerprint density at radius 2 is 1.79 bits per heavy atom. The van der Waals surface area contributed by atoms with Gasteiger partial charge in [-0.15, -0.1) is 0 Å². The lowest BCUT2D eigenvalue weighted by atomic mass is 10.0.